The maximum absolute atomic E-state index is 11.3. The van der Waals surface area contributed by atoms with E-state index in [-0.39, 0.29) is 17.1 Å². The molecule has 0 aliphatic rings. The zero-order chi connectivity index (χ0) is 18.4. The molecule has 0 bridgehead atoms. The highest BCUT2D eigenvalue weighted by Crippen LogP contribution is 2.21. The van der Waals surface area contributed by atoms with Gasteiger partial charge < -0.3 is 0 Å². The first-order chi connectivity index (χ1) is 12.6. The Hall–Kier alpha value is -3.88. The van der Waals surface area contributed by atoms with Crippen LogP contribution in [0.4, 0.5) is 17.2 Å². The summed E-state index contributed by atoms with van der Waals surface area (Å²) in [6.07, 6.45) is 0. The van der Waals surface area contributed by atoms with E-state index >= 15 is 0 Å². The average Bonchev–Trinajstić information content (AvgIpc) is 3.08. The van der Waals surface area contributed by atoms with Gasteiger partial charge in [0, 0.05) is 17.8 Å². The quantitative estimate of drug-likeness (QED) is 0.236. The molecule has 9 nitrogen and oxygen atoms in total. The highest BCUT2D eigenvalue weighted by molar-refractivity contribution is 6.03. The topological polar surface area (TPSA) is 121 Å². The van der Waals surface area contributed by atoms with Crippen LogP contribution in [0.2, 0.25) is 0 Å². The van der Waals surface area contributed by atoms with Gasteiger partial charge in [-0.05, 0) is 25.1 Å². The number of nitro benzene ring substituents is 1. The van der Waals surface area contributed by atoms with Crippen LogP contribution in [0.3, 0.4) is 0 Å². The third kappa shape index (κ3) is 4.15. The second-order valence-corrected chi connectivity index (χ2v) is 5.30. The summed E-state index contributed by atoms with van der Waals surface area (Å²) in [4.78, 5) is 10.8. The number of para-hydroxylation sites is 2. The SMILES string of the molecule is Cc1cc(N=N/C(=N\Nc2ccccc2)c2ccccc2[N+](=O)[O-])n[nH]1. The fourth-order valence-corrected chi connectivity index (χ4v) is 2.14. The number of hydrogen-bond donors (Lipinski definition) is 2. The summed E-state index contributed by atoms with van der Waals surface area (Å²) in [6.45, 7) is 1.83. The van der Waals surface area contributed by atoms with Gasteiger partial charge in [-0.2, -0.15) is 10.2 Å². The molecule has 3 rings (SSSR count). The molecule has 3 aromatic rings. The lowest BCUT2D eigenvalue weighted by Crippen LogP contribution is -2.05. The first kappa shape index (κ1) is 17.0. The molecule has 0 radical (unpaired) electrons. The molecule has 1 aromatic heterocycles. The molecule has 9 heteroatoms. The maximum atomic E-state index is 11.3. The number of nitrogens with one attached hydrogen (secondary N) is 2. The average molecular weight is 349 g/mol. The fourth-order valence-electron chi connectivity index (χ4n) is 2.14. The van der Waals surface area contributed by atoms with Crippen molar-refractivity contribution in [2.24, 2.45) is 15.3 Å². The number of aryl methyl sites for hydroxylation is 1. The summed E-state index contributed by atoms with van der Waals surface area (Å²) in [6, 6.07) is 17.1. The van der Waals surface area contributed by atoms with Gasteiger partial charge >= 0.3 is 0 Å². The molecule has 0 amide bonds. The molecule has 0 atom stereocenters. The number of aromatic nitrogens is 2. The van der Waals surface area contributed by atoms with Gasteiger partial charge in [-0.15, -0.1) is 10.2 Å². The largest absolute Gasteiger partial charge is 0.281 e. The number of H-pyrrole nitrogens is 1. The number of anilines is 1. The van der Waals surface area contributed by atoms with E-state index in [1.165, 1.54) is 6.07 Å². The highest BCUT2D eigenvalue weighted by Gasteiger charge is 2.18. The highest BCUT2D eigenvalue weighted by atomic mass is 16.6. The molecular weight excluding hydrogens is 334 g/mol. The van der Waals surface area contributed by atoms with Gasteiger partial charge in [0.2, 0.25) is 5.84 Å². The molecular formula is C17H15N7O2. The lowest BCUT2D eigenvalue weighted by atomic mass is 10.1. The van der Waals surface area contributed by atoms with Crippen molar-refractivity contribution >= 4 is 23.0 Å². The normalized spacial score (nSPS) is 11.7. The van der Waals surface area contributed by atoms with Crippen LogP contribution >= 0.6 is 0 Å². The van der Waals surface area contributed by atoms with E-state index in [9.17, 15) is 10.1 Å². The lowest BCUT2D eigenvalue weighted by molar-refractivity contribution is -0.385. The maximum Gasteiger partial charge on any atom is 0.280 e. The van der Waals surface area contributed by atoms with Crippen LogP contribution in [0.5, 0.6) is 0 Å². The second kappa shape index (κ2) is 7.79. The summed E-state index contributed by atoms with van der Waals surface area (Å²) < 4.78 is 0. The number of rotatable bonds is 5. The summed E-state index contributed by atoms with van der Waals surface area (Å²) in [5.41, 5.74) is 4.51. The van der Waals surface area contributed by atoms with Crippen LogP contribution in [0, 0.1) is 17.0 Å². The van der Waals surface area contributed by atoms with Crippen LogP contribution in [-0.2, 0) is 0 Å². The Morgan fingerprint density at radius 3 is 2.58 bits per heavy atom. The first-order valence-electron chi connectivity index (χ1n) is 7.70. The molecule has 0 aliphatic carbocycles. The molecule has 0 saturated heterocycles. The number of nitrogens with zero attached hydrogens (tertiary/aromatic N) is 5. The van der Waals surface area contributed by atoms with Gasteiger partial charge in [0.1, 0.15) is 5.56 Å². The molecule has 0 spiro atoms. The summed E-state index contributed by atoms with van der Waals surface area (Å²) >= 11 is 0. The van der Waals surface area contributed by atoms with E-state index in [4.69, 9.17) is 0 Å². The van der Waals surface area contributed by atoms with E-state index in [1.54, 1.807) is 24.3 Å². The van der Waals surface area contributed by atoms with Crippen molar-refractivity contribution in [2.45, 2.75) is 6.92 Å². The first-order valence-corrected chi connectivity index (χ1v) is 7.70. The number of hydrazone groups is 1. The van der Waals surface area contributed by atoms with Gasteiger partial charge in [0.15, 0.2) is 5.82 Å². The van der Waals surface area contributed by atoms with E-state index < -0.39 is 4.92 Å². The van der Waals surface area contributed by atoms with Crippen molar-refractivity contribution < 1.29 is 4.92 Å². The van der Waals surface area contributed by atoms with Crippen molar-refractivity contribution in [3.05, 3.63) is 82.0 Å². The van der Waals surface area contributed by atoms with Gasteiger partial charge in [-0.1, -0.05) is 30.3 Å². The summed E-state index contributed by atoms with van der Waals surface area (Å²) in [7, 11) is 0. The van der Waals surface area contributed by atoms with E-state index in [2.05, 4.69) is 31.0 Å². The van der Waals surface area contributed by atoms with Gasteiger partial charge in [-0.3, -0.25) is 20.6 Å². The van der Waals surface area contributed by atoms with E-state index in [1.807, 2.05) is 37.3 Å². The van der Waals surface area contributed by atoms with E-state index in [0.29, 0.717) is 5.82 Å². The standard InChI is InChI=1S/C17H15N7O2/c1-12-11-16(20-18-12)21-23-17(22-19-13-7-3-2-4-8-13)14-9-5-6-10-15(14)24(25)26/h2-11,19H,1H3,(H,18,20)/b22-17-,23-21?. The Kier molecular flexibility index (Phi) is 5.08. The number of benzene rings is 2. The molecule has 1 heterocycles. The zero-order valence-corrected chi connectivity index (χ0v) is 13.8. The van der Waals surface area contributed by atoms with Crippen LogP contribution < -0.4 is 5.43 Å². The van der Waals surface area contributed by atoms with Gasteiger partial charge in [0.05, 0.1) is 10.6 Å². The molecule has 0 saturated carbocycles. The Morgan fingerprint density at radius 1 is 1.15 bits per heavy atom. The Labute approximate surface area is 148 Å². The summed E-state index contributed by atoms with van der Waals surface area (Å²) in [5, 5.41) is 30.3. The number of amidine groups is 1. The summed E-state index contributed by atoms with van der Waals surface area (Å²) in [5.74, 6) is 0.426. The number of nitro groups is 1. The number of aromatic amines is 1. The molecule has 2 N–H and O–H groups in total. The predicted molar refractivity (Wildman–Crippen MR) is 97.5 cm³/mol. The predicted octanol–water partition coefficient (Wildman–Crippen LogP) is 4.18. The van der Waals surface area contributed by atoms with Crippen molar-refractivity contribution in [2.75, 3.05) is 5.43 Å². The van der Waals surface area contributed by atoms with Crippen LogP contribution in [0.25, 0.3) is 0 Å². The Balaban J connectivity index is 1.98. The molecule has 0 aliphatic heterocycles. The Morgan fingerprint density at radius 2 is 1.88 bits per heavy atom. The fraction of sp³-hybridized carbons (Fsp3) is 0.0588. The molecule has 0 unspecified atom stereocenters. The third-order valence-electron chi connectivity index (χ3n) is 3.35. The monoisotopic (exact) mass is 349 g/mol. The van der Waals surface area contributed by atoms with Crippen molar-refractivity contribution in [3.63, 3.8) is 0 Å². The zero-order valence-electron chi connectivity index (χ0n) is 13.8. The molecule has 0 fully saturated rings. The van der Waals surface area contributed by atoms with Crippen LogP contribution in [0.15, 0.2) is 76.0 Å². The van der Waals surface area contributed by atoms with Crippen molar-refractivity contribution in [3.8, 4) is 0 Å². The van der Waals surface area contributed by atoms with Crippen LogP contribution in [-0.4, -0.2) is 21.0 Å². The van der Waals surface area contributed by atoms with Crippen molar-refractivity contribution in [1.29, 1.82) is 0 Å². The minimum absolute atomic E-state index is 0.0711. The molecule has 26 heavy (non-hydrogen) atoms. The van der Waals surface area contributed by atoms with Gasteiger partial charge in [0.25, 0.3) is 5.69 Å². The van der Waals surface area contributed by atoms with Crippen LogP contribution in [0.1, 0.15) is 11.3 Å². The number of azo groups is 1. The molecule has 130 valence electrons. The Bertz CT molecular complexity index is 964. The number of hydrogen-bond acceptors (Lipinski definition) is 6. The van der Waals surface area contributed by atoms with Gasteiger partial charge in [-0.25, -0.2) is 0 Å². The van der Waals surface area contributed by atoms with E-state index in [0.717, 1.165) is 11.4 Å². The smallest absolute Gasteiger partial charge is 0.280 e. The third-order valence-corrected chi connectivity index (χ3v) is 3.35. The van der Waals surface area contributed by atoms with Crippen molar-refractivity contribution in [1.82, 2.24) is 10.2 Å². The minimum Gasteiger partial charge on any atom is -0.281 e. The molecule has 2 aromatic carbocycles. The minimum atomic E-state index is -0.485. The second-order valence-electron chi connectivity index (χ2n) is 5.30. The lowest BCUT2D eigenvalue weighted by Gasteiger charge is -2.04.